The van der Waals surface area contributed by atoms with Crippen LogP contribution in [-0.4, -0.2) is 51.3 Å². The fourth-order valence-corrected chi connectivity index (χ4v) is 6.12. The van der Waals surface area contributed by atoms with E-state index in [1.165, 1.54) is 16.1 Å². The monoisotopic (exact) mass is 462 g/mol. The van der Waals surface area contributed by atoms with Gasteiger partial charge in [-0.3, -0.25) is 14.0 Å². The van der Waals surface area contributed by atoms with Crippen LogP contribution in [0.1, 0.15) is 49.3 Å². The highest BCUT2D eigenvalue weighted by Crippen LogP contribution is 2.43. The summed E-state index contributed by atoms with van der Waals surface area (Å²) < 4.78 is 28.3. The van der Waals surface area contributed by atoms with Gasteiger partial charge in [0.15, 0.2) is 0 Å². The van der Waals surface area contributed by atoms with Gasteiger partial charge in [0.05, 0.1) is 16.6 Å². The van der Waals surface area contributed by atoms with Gasteiger partial charge in [-0.15, -0.1) is 11.8 Å². The summed E-state index contributed by atoms with van der Waals surface area (Å²) in [6.45, 7) is 0.791. The molecule has 0 spiro atoms. The van der Waals surface area contributed by atoms with E-state index in [1.807, 2.05) is 49.7 Å². The van der Waals surface area contributed by atoms with E-state index in [-0.39, 0.29) is 12.5 Å². The molecule has 1 unspecified atom stereocenters. The topological polar surface area (TPSA) is 77.9 Å². The summed E-state index contributed by atoms with van der Waals surface area (Å²) in [6, 6.07) is 13.2. The predicted molar refractivity (Wildman–Crippen MR) is 125 cm³/mol. The minimum Gasteiger partial charge on any atom is -0.481 e. The minimum absolute atomic E-state index is 0.180. The number of unbranched alkanes of at least 4 members (excludes halogenated alkanes) is 3. The number of carboxylic acids is 1. The Balaban J connectivity index is 1.94. The highest BCUT2D eigenvalue weighted by Gasteiger charge is 2.36. The zero-order valence-corrected chi connectivity index (χ0v) is 19.9. The van der Waals surface area contributed by atoms with Crippen molar-refractivity contribution in [2.75, 3.05) is 31.2 Å². The molecule has 0 saturated heterocycles. The average Bonchev–Trinajstić information content (AvgIpc) is 2.82. The fraction of sp³-hybridized carbons (Fsp3) is 0.435. The summed E-state index contributed by atoms with van der Waals surface area (Å²) in [6.07, 6.45) is 5.59. The van der Waals surface area contributed by atoms with Gasteiger partial charge in [0.1, 0.15) is 0 Å². The van der Waals surface area contributed by atoms with E-state index in [0.29, 0.717) is 17.0 Å². The summed E-state index contributed by atoms with van der Waals surface area (Å²) >= 11 is 1.53. The maximum Gasteiger partial charge on any atom is 0.303 e. The van der Waals surface area contributed by atoms with E-state index in [2.05, 4.69) is 4.90 Å². The Kier molecular flexibility index (Phi) is 7.67. The van der Waals surface area contributed by atoms with Crippen LogP contribution in [0.2, 0.25) is 0 Å². The van der Waals surface area contributed by atoms with Gasteiger partial charge >= 0.3 is 5.97 Å². The van der Waals surface area contributed by atoms with Crippen molar-refractivity contribution in [3.63, 3.8) is 0 Å². The zero-order chi connectivity index (χ0) is 22.6. The van der Waals surface area contributed by atoms with Crippen LogP contribution in [0.5, 0.6) is 0 Å². The number of para-hydroxylation sites is 1. The molecule has 0 amide bonds. The number of aliphatic carboxylic acids is 1. The number of carboxylic acid groups (broad SMARTS) is 1. The van der Waals surface area contributed by atoms with Gasteiger partial charge in [-0.05, 0) is 62.0 Å². The van der Waals surface area contributed by atoms with Crippen LogP contribution in [0.15, 0.2) is 52.3 Å². The number of anilines is 1. The Morgan fingerprint density at radius 3 is 2.52 bits per heavy atom. The van der Waals surface area contributed by atoms with E-state index in [0.717, 1.165) is 41.8 Å². The number of rotatable bonds is 9. The summed E-state index contributed by atoms with van der Waals surface area (Å²) in [4.78, 5) is 14.2. The van der Waals surface area contributed by atoms with Gasteiger partial charge in [-0.1, -0.05) is 37.1 Å². The van der Waals surface area contributed by atoms with Gasteiger partial charge in [-0.2, -0.15) is 0 Å². The molecule has 0 saturated carbocycles. The van der Waals surface area contributed by atoms with Crippen molar-refractivity contribution in [1.29, 1.82) is 0 Å². The van der Waals surface area contributed by atoms with Gasteiger partial charge < -0.3 is 5.11 Å². The largest absolute Gasteiger partial charge is 0.481 e. The molecule has 3 rings (SSSR count). The second-order valence-electron chi connectivity index (χ2n) is 7.88. The molecule has 0 bridgehead atoms. The van der Waals surface area contributed by atoms with Crippen molar-refractivity contribution >= 4 is 33.4 Å². The molecule has 8 heteroatoms. The lowest BCUT2D eigenvalue weighted by atomic mass is 9.95. The van der Waals surface area contributed by atoms with E-state index >= 15 is 0 Å². The number of carbonyl (C=O) groups is 1. The second-order valence-corrected chi connectivity index (χ2v) is 10.7. The van der Waals surface area contributed by atoms with Crippen molar-refractivity contribution in [3.8, 4) is 0 Å². The molecule has 0 aromatic heterocycles. The van der Waals surface area contributed by atoms with Gasteiger partial charge in [0.25, 0.3) is 10.0 Å². The number of sulfonamides is 1. The van der Waals surface area contributed by atoms with Gasteiger partial charge in [0.2, 0.25) is 0 Å². The molecule has 168 valence electrons. The molecule has 1 aliphatic rings. The Morgan fingerprint density at radius 1 is 1.10 bits per heavy atom. The third-order valence-electron chi connectivity index (χ3n) is 5.82. The number of benzene rings is 2. The van der Waals surface area contributed by atoms with Crippen LogP contribution in [0.4, 0.5) is 5.69 Å². The van der Waals surface area contributed by atoms with Crippen molar-refractivity contribution in [2.24, 2.45) is 0 Å². The first-order chi connectivity index (χ1) is 14.8. The number of nitrogens with zero attached hydrogens (tertiary/aromatic N) is 2. The van der Waals surface area contributed by atoms with E-state index in [9.17, 15) is 13.2 Å². The molecule has 1 N–H and O–H groups in total. The highest BCUT2D eigenvalue weighted by molar-refractivity contribution is 7.98. The maximum absolute atomic E-state index is 13.5. The molecule has 0 fully saturated rings. The molecule has 31 heavy (non-hydrogen) atoms. The molecule has 0 radical (unpaired) electrons. The smallest absolute Gasteiger partial charge is 0.303 e. The molecule has 1 aliphatic heterocycles. The van der Waals surface area contributed by atoms with E-state index in [1.54, 1.807) is 13.1 Å². The lowest BCUT2D eigenvalue weighted by Gasteiger charge is -2.30. The standard InChI is InChI=1S/C23H30N2O4S2/c1-24(15-9-5-4-6-12-22(26)27)23-18-10-7-8-11-20(18)25(2)31(28,29)21-16-17(30-3)13-14-19(21)23/h7-8,10-11,13-14,16,23H,4-6,9,12,15H2,1-3H3,(H,26,27). The summed E-state index contributed by atoms with van der Waals surface area (Å²) in [5.74, 6) is -0.751. The molecular weight excluding hydrogens is 432 g/mol. The first-order valence-electron chi connectivity index (χ1n) is 10.4. The van der Waals surface area contributed by atoms with Crippen molar-refractivity contribution in [2.45, 2.75) is 47.9 Å². The van der Waals surface area contributed by atoms with Crippen molar-refractivity contribution in [1.82, 2.24) is 4.90 Å². The van der Waals surface area contributed by atoms with Crippen LogP contribution in [0.25, 0.3) is 0 Å². The van der Waals surface area contributed by atoms with Crippen LogP contribution < -0.4 is 4.31 Å². The second kappa shape index (κ2) is 10.1. The summed E-state index contributed by atoms with van der Waals surface area (Å²) in [5, 5.41) is 8.78. The minimum atomic E-state index is -3.67. The Bertz CT molecular complexity index is 1040. The molecule has 6 nitrogen and oxygen atoms in total. The van der Waals surface area contributed by atoms with Crippen LogP contribution >= 0.6 is 11.8 Å². The quantitative estimate of drug-likeness (QED) is 0.433. The highest BCUT2D eigenvalue weighted by atomic mass is 32.2. The Labute approximate surface area is 189 Å². The Morgan fingerprint density at radius 2 is 1.81 bits per heavy atom. The fourth-order valence-electron chi connectivity index (χ4n) is 4.14. The van der Waals surface area contributed by atoms with Gasteiger partial charge in [-0.25, -0.2) is 8.42 Å². The molecular formula is C23H30N2O4S2. The predicted octanol–water partition coefficient (Wildman–Crippen LogP) is 4.60. The number of hydrogen-bond donors (Lipinski definition) is 1. The molecule has 1 heterocycles. The number of fused-ring (bicyclic) bond motifs is 2. The van der Waals surface area contributed by atoms with Crippen LogP contribution in [0, 0.1) is 0 Å². The van der Waals surface area contributed by atoms with Crippen LogP contribution in [-0.2, 0) is 14.8 Å². The lowest BCUT2D eigenvalue weighted by Crippen LogP contribution is -2.27. The lowest BCUT2D eigenvalue weighted by molar-refractivity contribution is -0.137. The zero-order valence-electron chi connectivity index (χ0n) is 18.2. The number of thioether (sulfide) groups is 1. The normalized spacial score (nSPS) is 17.2. The third kappa shape index (κ3) is 5.07. The van der Waals surface area contributed by atoms with E-state index in [4.69, 9.17) is 5.11 Å². The summed E-state index contributed by atoms with van der Waals surface area (Å²) in [7, 11) is -0.0224. The Hall–Kier alpha value is -2.03. The molecule has 2 aromatic rings. The maximum atomic E-state index is 13.5. The third-order valence-corrected chi connectivity index (χ3v) is 8.37. The molecule has 1 atom stereocenters. The summed E-state index contributed by atoms with van der Waals surface area (Å²) in [5.41, 5.74) is 2.46. The first kappa shape index (κ1) is 23.6. The van der Waals surface area contributed by atoms with E-state index < -0.39 is 16.0 Å². The molecule has 2 aromatic carbocycles. The van der Waals surface area contributed by atoms with Crippen molar-refractivity contribution < 1.29 is 18.3 Å². The van der Waals surface area contributed by atoms with Crippen molar-refractivity contribution in [3.05, 3.63) is 53.6 Å². The van der Waals surface area contributed by atoms with Gasteiger partial charge in [0, 0.05) is 18.4 Å². The first-order valence-corrected chi connectivity index (χ1v) is 13.1. The number of hydrogen-bond acceptors (Lipinski definition) is 5. The average molecular weight is 463 g/mol. The van der Waals surface area contributed by atoms with Crippen LogP contribution in [0.3, 0.4) is 0 Å². The molecule has 0 aliphatic carbocycles. The SMILES string of the molecule is CSc1ccc2c(c1)S(=O)(=O)N(C)c1ccccc1C2N(C)CCCCCCC(=O)O.